The molecule has 0 radical (unpaired) electrons. The van der Waals surface area contributed by atoms with Gasteiger partial charge in [-0.15, -0.1) is 0 Å². The van der Waals surface area contributed by atoms with E-state index in [1.807, 2.05) is 18.6 Å². The topological polar surface area (TPSA) is 30.3 Å². The van der Waals surface area contributed by atoms with Crippen LogP contribution in [0.15, 0.2) is 67.1 Å². The minimum absolute atomic E-state index is 0.163. The van der Waals surface area contributed by atoms with Gasteiger partial charge < -0.3 is 9.30 Å². The van der Waals surface area contributed by atoms with Crippen molar-refractivity contribution in [2.75, 3.05) is 13.1 Å². The first-order chi connectivity index (χ1) is 12.3. The maximum atomic E-state index is 12.9. The van der Waals surface area contributed by atoms with Crippen molar-refractivity contribution >= 4 is 0 Å². The SMILES string of the molecule is Fc1ccc(OC2CN(Cc3cncn3Cc3ccccc3)C2)cc1. The zero-order chi connectivity index (χ0) is 17.1. The number of rotatable bonds is 6. The zero-order valence-electron chi connectivity index (χ0n) is 13.9. The molecule has 0 N–H and O–H groups in total. The quantitative estimate of drug-likeness (QED) is 0.691. The van der Waals surface area contributed by atoms with Crippen LogP contribution in [0.25, 0.3) is 0 Å². The standard InChI is InChI=1S/C20H20FN3O/c21-17-6-8-19(9-7-17)25-20-13-23(14-20)12-18-10-22-15-24(18)11-16-4-2-1-3-5-16/h1-10,15,20H,11-14H2. The van der Waals surface area contributed by atoms with Crippen LogP contribution >= 0.6 is 0 Å². The molecular formula is C20H20FN3O. The number of hydrogen-bond donors (Lipinski definition) is 0. The van der Waals surface area contributed by atoms with Crippen LogP contribution in [0.1, 0.15) is 11.3 Å². The molecule has 0 aliphatic carbocycles. The van der Waals surface area contributed by atoms with Gasteiger partial charge in [-0.3, -0.25) is 4.90 Å². The molecule has 1 aromatic heterocycles. The maximum Gasteiger partial charge on any atom is 0.124 e. The molecule has 2 heterocycles. The highest BCUT2D eigenvalue weighted by Crippen LogP contribution is 2.20. The molecule has 1 aliphatic heterocycles. The van der Waals surface area contributed by atoms with Crippen LogP contribution in [0.3, 0.4) is 0 Å². The van der Waals surface area contributed by atoms with E-state index in [0.717, 1.165) is 31.9 Å². The molecule has 128 valence electrons. The molecule has 0 spiro atoms. The zero-order valence-corrected chi connectivity index (χ0v) is 13.9. The molecule has 1 saturated heterocycles. The van der Waals surface area contributed by atoms with Crippen molar-refractivity contribution in [3.8, 4) is 5.75 Å². The number of halogens is 1. The Hall–Kier alpha value is -2.66. The second-order valence-corrected chi connectivity index (χ2v) is 6.39. The van der Waals surface area contributed by atoms with Gasteiger partial charge in [-0.25, -0.2) is 9.37 Å². The van der Waals surface area contributed by atoms with Crippen LogP contribution in [0, 0.1) is 5.82 Å². The Labute approximate surface area is 146 Å². The van der Waals surface area contributed by atoms with E-state index in [9.17, 15) is 4.39 Å². The van der Waals surface area contributed by atoms with Crippen LogP contribution in [0.5, 0.6) is 5.75 Å². The number of nitrogens with zero attached hydrogens (tertiary/aromatic N) is 3. The lowest BCUT2D eigenvalue weighted by atomic mass is 10.1. The summed E-state index contributed by atoms with van der Waals surface area (Å²) in [5.41, 5.74) is 2.46. The molecule has 2 aromatic carbocycles. The minimum Gasteiger partial charge on any atom is -0.488 e. The van der Waals surface area contributed by atoms with Crippen LogP contribution in [-0.2, 0) is 13.1 Å². The molecule has 1 fully saturated rings. The van der Waals surface area contributed by atoms with Gasteiger partial charge in [0, 0.05) is 32.4 Å². The van der Waals surface area contributed by atoms with Crippen LogP contribution in [0.4, 0.5) is 4.39 Å². The van der Waals surface area contributed by atoms with Gasteiger partial charge in [0.1, 0.15) is 17.7 Å². The lowest BCUT2D eigenvalue weighted by Gasteiger charge is -2.39. The first kappa shape index (κ1) is 15.8. The van der Waals surface area contributed by atoms with Crippen LogP contribution in [0.2, 0.25) is 0 Å². The Kier molecular flexibility index (Phi) is 4.48. The van der Waals surface area contributed by atoms with Crippen molar-refractivity contribution in [1.82, 2.24) is 14.5 Å². The molecular weight excluding hydrogens is 317 g/mol. The predicted octanol–water partition coefficient (Wildman–Crippen LogP) is 3.33. The first-order valence-electron chi connectivity index (χ1n) is 8.44. The smallest absolute Gasteiger partial charge is 0.124 e. The Morgan fingerprint density at radius 2 is 1.76 bits per heavy atom. The average molecular weight is 337 g/mol. The van der Waals surface area contributed by atoms with Crippen molar-refractivity contribution in [2.45, 2.75) is 19.2 Å². The van der Waals surface area contributed by atoms with E-state index in [4.69, 9.17) is 4.74 Å². The highest BCUT2D eigenvalue weighted by Gasteiger charge is 2.29. The number of ether oxygens (including phenoxy) is 1. The van der Waals surface area contributed by atoms with Crippen LogP contribution in [-0.4, -0.2) is 33.6 Å². The fourth-order valence-electron chi connectivity index (χ4n) is 3.06. The summed E-state index contributed by atoms with van der Waals surface area (Å²) in [4.78, 5) is 6.62. The third kappa shape index (κ3) is 3.88. The van der Waals surface area contributed by atoms with Crippen molar-refractivity contribution in [1.29, 1.82) is 0 Å². The Morgan fingerprint density at radius 3 is 2.52 bits per heavy atom. The second kappa shape index (κ2) is 7.07. The molecule has 25 heavy (non-hydrogen) atoms. The van der Waals surface area contributed by atoms with E-state index in [-0.39, 0.29) is 11.9 Å². The first-order valence-corrected chi connectivity index (χ1v) is 8.44. The molecule has 0 bridgehead atoms. The summed E-state index contributed by atoms with van der Waals surface area (Å²) in [5.74, 6) is 0.481. The largest absolute Gasteiger partial charge is 0.488 e. The monoisotopic (exact) mass is 337 g/mol. The third-order valence-corrected chi connectivity index (χ3v) is 4.42. The number of aromatic nitrogens is 2. The molecule has 3 aromatic rings. The molecule has 1 aliphatic rings. The second-order valence-electron chi connectivity index (χ2n) is 6.39. The normalized spacial score (nSPS) is 15.1. The van der Waals surface area contributed by atoms with Crippen LogP contribution < -0.4 is 4.74 Å². The average Bonchev–Trinajstić information content (AvgIpc) is 3.02. The van der Waals surface area contributed by atoms with Gasteiger partial charge in [-0.2, -0.15) is 0 Å². The fourth-order valence-corrected chi connectivity index (χ4v) is 3.06. The molecule has 0 unspecified atom stereocenters. The summed E-state index contributed by atoms with van der Waals surface area (Å²) in [6.45, 7) is 3.43. The maximum absolute atomic E-state index is 12.9. The lowest BCUT2D eigenvalue weighted by Crippen LogP contribution is -2.53. The van der Waals surface area contributed by atoms with Gasteiger partial charge in [-0.05, 0) is 29.8 Å². The Bertz CT molecular complexity index is 810. The summed E-state index contributed by atoms with van der Waals surface area (Å²) in [6, 6.07) is 16.6. The highest BCUT2D eigenvalue weighted by molar-refractivity contribution is 5.23. The number of benzene rings is 2. The number of likely N-dealkylation sites (tertiary alicyclic amines) is 1. The van der Waals surface area contributed by atoms with E-state index >= 15 is 0 Å². The van der Waals surface area contributed by atoms with E-state index in [1.54, 1.807) is 12.1 Å². The van der Waals surface area contributed by atoms with Gasteiger partial charge in [0.15, 0.2) is 0 Å². The third-order valence-electron chi connectivity index (χ3n) is 4.42. The van der Waals surface area contributed by atoms with Crippen molar-refractivity contribution in [3.63, 3.8) is 0 Å². The van der Waals surface area contributed by atoms with E-state index in [2.05, 4.69) is 38.7 Å². The summed E-state index contributed by atoms with van der Waals surface area (Å²) in [7, 11) is 0. The highest BCUT2D eigenvalue weighted by atomic mass is 19.1. The molecule has 5 heteroatoms. The Balaban J connectivity index is 1.30. The van der Waals surface area contributed by atoms with Gasteiger partial charge in [-0.1, -0.05) is 30.3 Å². The number of imidazole rings is 1. The Morgan fingerprint density at radius 1 is 1.00 bits per heavy atom. The summed E-state index contributed by atoms with van der Waals surface area (Å²) >= 11 is 0. The summed E-state index contributed by atoms with van der Waals surface area (Å²) in [5, 5.41) is 0. The van der Waals surface area contributed by atoms with E-state index in [0.29, 0.717) is 0 Å². The van der Waals surface area contributed by atoms with Gasteiger partial charge in [0.2, 0.25) is 0 Å². The summed E-state index contributed by atoms with van der Waals surface area (Å²) < 4.78 is 20.9. The minimum atomic E-state index is -0.241. The predicted molar refractivity (Wildman–Crippen MR) is 93.9 cm³/mol. The van der Waals surface area contributed by atoms with Gasteiger partial charge in [0.25, 0.3) is 0 Å². The van der Waals surface area contributed by atoms with Gasteiger partial charge in [0.05, 0.1) is 12.0 Å². The molecule has 4 rings (SSSR count). The fraction of sp³-hybridized carbons (Fsp3) is 0.250. The molecule has 0 amide bonds. The molecule has 0 saturated carbocycles. The lowest BCUT2D eigenvalue weighted by molar-refractivity contribution is 0.0132. The van der Waals surface area contributed by atoms with Crippen molar-refractivity contribution in [3.05, 3.63) is 84.2 Å². The van der Waals surface area contributed by atoms with E-state index in [1.165, 1.54) is 23.4 Å². The summed E-state index contributed by atoms with van der Waals surface area (Å²) in [6.07, 6.45) is 3.97. The van der Waals surface area contributed by atoms with Gasteiger partial charge >= 0.3 is 0 Å². The molecule has 0 atom stereocenters. The number of hydrogen-bond acceptors (Lipinski definition) is 3. The molecule has 4 nitrogen and oxygen atoms in total. The van der Waals surface area contributed by atoms with Crippen molar-refractivity contribution in [2.24, 2.45) is 0 Å². The van der Waals surface area contributed by atoms with Crippen molar-refractivity contribution < 1.29 is 9.13 Å². The van der Waals surface area contributed by atoms with E-state index < -0.39 is 0 Å².